The molecule has 0 spiro atoms. The molecule has 0 radical (unpaired) electrons. The van der Waals surface area contributed by atoms with Crippen LogP contribution in [0.25, 0.3) is 0 Å². The molecule has 0 bridgehead atoms. The summed E-state index contributed by atoms with van der Waals surface area (Å²) in [5.41, 5.74) is 0.304. The van der Waals surface area contributed by atoms with Crippen LogP contribution in [0.3, 0.4) is 0 Å². The molecule has 6 nitrogen and oxygen atoms in total. The lowest BCUT2D eigenvalue weighted by atomic mass is 10.1. The maximum atomic E-state index is 13.7. The van der Waals surface area contributed by atoms with Gasteiger partial charge >= 0.3 is 0 Å². The lowest BCUT2D eigenvalue weighted by molar-refractivity contribution is 0.0706. The highest BCUT2D eigenvalue weighted by Crippen LogP contribution is 2.20. The number of aryl methyl sites for hydroxylation is 1. The van der Waals surface area contributed by atoms with Gasteiger partial charge in [0.1, 0.15) is 5.82 Å². The average molecular weight is 290 g/mol. The normalized spacial score (nSPS) is 14.0. The summed E-state index contributed by atoms with van der Waals surface area (Å²) in [4.78, 5) is 14.1. The van der Waals surface area contributed by atoms with E-state index in [1.807, 2.05) is 11.5 Å². The average Bonchev–Trinajstić information content (AvgIpc) is 2.87. The van der Waals surface area contributed by atoms with Crippen LogP contribution in [0, 0.1) is 12.7 Å². The number of rotatable bonds is 2. The van der Waals surface area contributed by atoms with E-state index < -0.39 is 5.82 Å². The van der Waals surface area contributed by atoms with E-state index in [4.69, 9.17) is 4.74 Å². The van der Waals surface area contributed by atoms with Crippen LogP contribution in [0.1, 0.15) is 22.0 Å². The SMILES string of the molecule is COc1ccc(C(=O)N2CCn3c(C)nnc3C2)cc1F. The number of methoxy groups -OCH3 is 1. The molecule has 21 heavy (non-hydrogen) atoms. The molecule has 0 fully saturated rings. The number of carbonyl (C=O) groups excluding carboxylic acids is 1. The standard InChI is InChI=1S/C14H15FN4O2/c1-9-16-17-13-8-18(5-6-19(9)13)14(20)10-3-4-12(21-2)11(15)7-10/h3-4,7H,5-6,8H2,1-2H3. The van der Waals surface area contributed by atoms with E-state index >= 15 is 0 Å². The molecule has 1 aliphatic heterocycles. The molecule has 110 valence electrons. The Morgan fingerprint density at radius 1 is 1.33 bits per heavy atom. The highest BCUT2D eigenvalue weighted by molar-refractivity contribution is 5.94. The van der Waals surface area contributed by atoms with Crippen molar-refractivity contribution in [2.75, 3.05) is 13.7 Å². The van der Waals surface area contributed by atoms with Gasteiger partial charge in [0.05, 0.1) is 13.7 Å². The van der Waals surface area contributed by atoms with Crippen molar-refractivity contribution in [3.8, 4) is 5.75 Å². The molecule has 1 aromatic carbocycles. The van der Waals surface area contributed by atoms with Crippen LogP contribution in [-0.4, -0.2) is 39.2 Å². The molecule has 2 heterocycles. The van der Waals surface area contributed by atoms with E-state index in [-0.39, 0.29) is 11.7 Å². The molecule has 0 saturated heterocycles. The van der Waals surface area contributed by atoms with Crippen LogP contribution in [0.2, 0.25) is 0 Å². The molecule has 0 saturated carbocycles. The fourth-order valence-electron chi connectivity index (χ4n) is 2.46. The predicted octanol–water partition coefficient (Wildman–Crippen LogP) is 1.39. The van der Waals surface area contributed by atoms with Crippen LogP contribution in [0.15, 0.2) is 18.2 Å². The Bertz CT molecular complexity index is 698. The van der Waals surface area contributed by atoms with Crippen LogP contribution in [0.5, 0.6) is 5.75 Å². The second kappa shape index (κ2) is 5.16. The zero-order valence-electron chi connectivity index (χ0n) is 11.8. The first-order valence-corrected chi connectivity index (χ1v) is 6.61. The molecule has 7 heteroatoms. The number of hydrogen-bond acceptors (Lipinski definition) is 4. The summed E-state index contributed by atoms with van der Waals surface area (Å²) in [6.07, 6.45) is 0. The van der Waals surface area contributed by atoms with Crippen molar-refractivity contribution < 1.29 is 13.9 Å². The Labute approximate surface area is 121 Å². The highest BCUT2D eigenvalue weighted by atomic mass is 19.1. The van der Waals surface area contributed by atoms with E-state index in [1.165, 1.54) is 19.2 Å². The summed E-state index contributed by atoms with van der Waals surface area (Å²) >= 11 is 0. The molecule has 3 rings (SSSR count). The first-order chi connectivity index (χ1) is 10.1. The van der Waals surface area contributed by atoms with Crippen molar-refractivity contribution in [3.63, 3.8) is 0 Å². The number of fused-ring (bicyclic) bond motifs is 1. The number of benzene rings is 1. The Kier molecular flexibility index (Phi) is 3.32. The molecule has 1 amide bonds. The van der Waals surface area contributed by atoms with Gasteiger partial charge in [-0.1, -0.05) is 0 Å². The van der Waals surface area contributed by atoms with Gasteiger partial charge < -0.3 is 14.2 Å². The van der Waals surface area contributed by atoms with Crippen LogP contribution in [0.4, 0.5) is 4.39 Å². The summed E-state index contributed by atoms with van der Waals surface area (Å²) in [5.74, 6) is 0.956. The highest BCUT2D eigenvalue weighted by Gasteiger charge is 2.24. The van der Waals surface area contributed by atoms with Gasteiger partial charge in [0.25, 0.3) is 5.91 Å². The predicted molar refractivity (Wildman–Crippen MR) is 72.5 cm³/mol. The molecule has 0 atom stereocenters. The zero-order valence-corrected chi connectivity index (χ0v) is 11.8. The second-order valence-electron chi connectivity index (χ2n) is 4.89. The topological polar surface area (TPSA) is 60.2 Å². The maximum absolute atomic E-state index is 13.7. The number of nitrogens with zero attached hydrogens (tertiary/aromatic N) is 4. The van der Waals surface area contributed by atoms with Crippen molar-refractivity contribution in [2.24, 2.45) is 0 Å². The van der Waals surface area contributed by atoms with Crippen molar-refractivity contribution in [1.82, 2.24) is 19.7 Å². The van der Waals surface area contributed by atoms with E-state index in [9.17, 15) is 9.18 Å². The fourth-order valence-corrected chi connectivity index (χ4v) is 2.46. The Balaban J connectivity index is 1.82. The fraction of sp³-hybridized carbons (Fsp3) is 0.357. The van der Waals surface area contributed by atoms with Gasteiger partial charge in [0, 0.05) is 18.7 Å². The summed E-state index contributed by atoms with van der Waals surface area (Å²) in [6.45, 7) is 3.47. The lowest BCUT2D eigenvalue weighted by Crippen LogP contribution is -2.38. The third kappa shape index (κ3) is 2.35. The summed E-state index contributed by atoms with van der Waals surface area (Å²) in [7, 11) is 1.39. The summed E-state index contributed by atoms with van der Waals surface area (Å²) in [6, 6.07) is 4.22. The minimum Gasteiger partial charge on any atom is -0.494 e. The van der Waals surface area contributed by atoms with Crippen molar-refractivity contribution in [2.45, 2.75) is 20.0 Å². The molecule has 0 aliphatic carbocycles. The van der Waals surface area contributed by atoms with Gasteiger partial charge in [-0.25, -0.2) is 4.39 Å². The second-order valence-corrected chi connectivity index (χ2v) is 4.89. The molecule has 1 aromatic heterocycles. The largest absolute Gasteiger partial charge is 0.494 e. The van der Waals surface area contributed by atoms with Crippen molar-refractivity contribution in [3.05, 3.63) is 41.2 Å². The van der Waals surface area contributed by atoms with Crippen molar-refractivity contribution in [1.29, 1.82) is 0 Å². The maximum Gasteiger partial charge on any atom is 0.254 e. The van der Waals surface area contributed by atoms with Gasteiger partial charge in [-0.05, 0) is 25.1 Å². The zero-order chi connectivity index (χ0) is 15.0. The van der Waals surface area contributed by atoms with E-state index in [0.29, 0.717) is 25.2 Å². The number of ether oxygens (including phenoxy) is 1. The molecule has 2 aromatic rings. The van der Waals surface area contributed by atoms with E-state index in [1.54, 1.807) is 11.0 Å². The number of carbonyl (C=O) groups is 1. The van der Waals surface area contributed by atoms with Crippen LogP contribution in [-0.2, 0) is 13.1 Å². The van der Waals surface area contributed by atoms with Gasteiger partial charge in [-0.3, -0.25) is 4.79 Å². The summed E-state index contributed by atoms with van der Waals surface area (Å²) in [5, 5.41) is 8.05. The smallest absolute Gasteiger partial charge is 0.254 e. The van der Waals surface area contributed by atoms with Gasteiger partial charge in [0.15, 0.2) is 17.4 Å². The van der Waals surface area contributed by atoms with Crippen LogP contribution >= 0.6 is 0 Å². The van der Waals surface area contributed by atoms with Gasteiger partial charge in [-0.2, -0.15) is 0 Å². The first-order valence-electron chi connectivity index (χ1n) is 6.61. The number of halogens is 1. The van der Waals surface area contributed by atoms with Gasteiger partial charge in [0.2, 0.25) is 0 Å². The number of hydrogen-bond donors (Lipinski definition) is 0. The Morgan fingerprint density at radius 3 is 2.86 bits per heavy atom. The summed E-state index contributed by atoms with van der Waals surface area (Å²) < 4.78 is 20.5. The number of aromatic nitrogens is 3. The molecule has 1 aliphatic rings. The first kappa shape index (κ1) is 13.5. The minimum absolute atomic E-state index is 0.126. The van der Waals surface area contributed by atoms with E-state index in [2.05, 4.69) is 10.2 Å². The quantitative estimate of drug-likeness (QED) is 0.838. The van der Waals surface area contributed by atoms with Crippen LogP contribution < -0.4 is 4.74 Å². The third-order valence-electron chi connectivity index (χ3n) is 3.62. The molecule has 0 unspecified atom stereocenters. The monoisotopic (exact) mass is 290 g/mol. The Morgan fingerprint density at radius 2 is 2.14 bits per heavy atom. The molecular weight excluding hydrogens is 275 g/mol. The Hall–Kier alpha value is -2.44. The molecule has 0 N–H and O–H groups in total. The lowest BCUT2D eigenvalue weighted by Gasteiger charge is -2.27. The van der Waals surface area contributed by atoms with Gasteiger partial charge in [-0.15, -0.1) is 10.2 Å². The molecular formula is C14H15FN4O2. The number of amides is 1. The third-order valence-corrected chi connectivity index (χ3v) is 3.62. The van der Waals surface area contributed by atoms with E-state index in [0.717, 1.165) is 11.6 Å². The van der Waals surface area contributed by atoms with Crippen molar-refractivity contribution >= 4 is 5.91 Å². The minimum atomic E-state index is -0.542.